The van der Waals surface area contributed by atoms with Crippen LogP contribution < -0.4 is 0 Å². The molecule has 0 bridgehead atoms. The van der Waals surface area contributed by atoms with Crippen LogP contribution in [0.1, 0.15) is 33.1 Å². The van der Waals surface area contributed by atoms with Crippen molar-refractivity contribution in [2.45, 2.75) is 39.2 Å². The van der Waals surface area contributed by atoms with E-state index >= 15 is 0 Å². The van der Waals surface area contributed by atoms with Gasteiger partial charge in [0.1, 0.15) is 0 Å². The molecule has 1 amide bonds. The molecule has 4 heteroatoms. The average Bonchev–Trinajstić information content (AvgIpc) is 3.00. The molecule has 2 fully saturated rings. The van der Waals surface area contributed by atoms with Gasteiger partial charge in [-0.15, -0.1) is 0 Å². The van der Waals surface area contributed by atoms with E-state index in [0.717, 1.165) is 19.4 Å². The predicted molar refractivity (Wildman–Crippen MR) is 58.8 cm³/mol. The Balaban J connectivity index is 1.93. The van der Waals surface area contributed by atoms with Gasteiger partial charge in [-0.3, -0.25) is 9.59 Å². The van der Waals surface area contributed by atoms with Gasteiger partial charge in [-0.1, -0.05) is 13.8 Å². The van der Waals surface area contributed by atoms with Crippen LogP contribution in [0.15, 0.2) is 0 Å². The maximum absolute atomic E-state index is 12.1. The summed E-state index contributed by atoms with van der Waals surface area (Å²) in [5.74, 6) is -0.952. The molecule has 2 saturated carbocycles. The van der Waals surface area contributed by atoms with E-state index in [9.17, 15) is 9.59 Å². The second-order valence-corrected chi connectivity index (χ2v) is 5.40. The van der Waals surface area contributed by atoms with Crippen molar-refractivity contribution in [3.8, 4) is 0 Å². The molecule has 2 rings (SSSR count). The van der Waals surface area contributed by atoms with Crippen molar-refractivity contribution in [1.82, 2.24) is 4.90 Å². The summed E-state index contributed by atoms with van der Waals surface area (Å²) >= 11 is 0. The molecule has 0 spiro atoms. The maximum Gasteiger partial charge on any atom is 0.307 e. The van der Waals surface area contributed by atoms with Crippen LogP contribution in [0.25, 0.3) is 0 Å². The van der Waals surface area contributed by atoms with Gasteiger partial charge in [0.2, 0.25) is 5.91 Å². The minimum atomic E-state index is -0.821. The normalized spacial score (nSPS) is 27.9. The number of aliphatic carboxylic acids is 1. The Morgan fingerprint density at radius 3 is 2.31 bits per heavy atom. The zero-order chi connectivity index (χ0) is 11.9. The summed E-state index contributed by atoms with van der Waals surface area (Å²) in [7, 11) is 0. The van der Waals surface area contributed by atoms with E-state index in [-0.39, 0.29) is 11.8 Å². The van der Waals surface area contributed by atoms with Crippen molar-refractivity contribution in [1.29, 1.82) is 0 Å². The van der Waals surface area contributed by atoms with E-state index < -0.39 is 11.9 Å². The van der Waals surface area contributed by atoms with Crippen LogP contribution >= 0.6 is 0 Å². The minimum Gasteiger partial charge on any atom is -0.481 e. The number of hydrogen-bond donors (Lipinski definition) is 1. The van der Waals surface area contributed by atoms with Crippen LogP contribution in [0.3, 0.4) is 0 Å². The van der Waals surface area contributed by atoms with Crippen molar-refractivity contribution in [2.75, 3.05) is 6.54 Å². The second-order valence-electron chi connectivity index (χ2n) is 5.40. The molecular weight excluding hydrogens is 206 g/mol. The Bertz CT molecular complexity index is 309. The van der Waals surface area contributed by atoms with Gasteiger partial charge >= 0.3 is 5.97 Å². The first-order valence-electron chi connectivity index (χ1n) is 6.04. The lowest BCUT2D eigenvalue weighted by molar-refractivity contribution is -0.142. The lowest BCUT2D eigenvalue weighted by Gasteiger charge is -2.24. The molecule has 0 aromatic carbocycles. The highest BCUT2D eigenvalue weighted by atomic mass is 16.4. The molecule has 2 unspecified atom stereocenters. The quantitative estimate of drug-likeness (QED) is 0.768. The molecule has 4 nitrogen and oxygen atoms in total. The van der Waals surface area contributed by atoms with Gasteiger partial charge in [-0.2, -0.15) is 0 Å². The van der Waals surface area contributed by atoms with Gasteiger partial charge in [0.05, 0.1) is 11.8 Å². The molecule has 0 aromatic heterocycles. The van der Waals surface area contributed by atoms with Gasteiger partial charge in [-0.05, 0) is 25.2 Å². The Morgan fingerprint density at radius 1 is 1.31 bits per heavy atom. The number of nitrogens with zero attached hydrogens (tertiary/aromatic N) is 1. The third kappa shape index (κ3) is 2.36. The van der Waals surface area contributed by atoms with E-state index in [1.165, 1.54) is 0 Å². The predicted octanol–water partition coefficient (Wildman–Crippen LogP) is 1.35. The minimum absolute atomic E-state index is 0.0728. The summed E-state index contributed by atoms with van der Waals surface area (Å²) in [5.41, 5.74) is 0. The summed E-state index contributed by atoms with van der Waals surface area (Å²) in [4.78, 5) is 24.8. The Kier molecular flexibility index (Phi) is 2.91. The molecule has 16 heavy (non-hydrogen) atoms. The van der Waals surface area contributed by atoms with E-state index in [2.05, 4.69) is 13.8 Å². The van der Waals surface area contributed by atoms with Crippen LogP contribution in [-0.4, -0.2) is 34.5 Å². The van der Waals surface area contributed by atoms with Gasteiger partial charge in [-0.25, -0.2) is 0 Å². The van der Waals surface area contributed by atoms with E-state index in [4.69, 9.17) is 5.11 Å². The number of carbonyl (C=O) groups excluding carboxylic acids is 1. The highest BCUT2D eigenvalue weighted by molar-refractivity contribution is 5.89. The van der Waals surface area contributed by atoms with Gasteiger partial charge < -0.3 is 10.0 Å². The summed E-state index contributed by atoms with van der Waals surface area (Å²) in [6.07, 6.45) is 2.71. The fourth-order valence-corrected chi connectivity index (χ4v) is 2.15. The standard InChI is InChI=1S/C12H19NO3/c1-7(2)6-13(8-3-4-8)11(14)9-5-10(9)12(15)16/h7-10H,3-6H2,1-2H3,(H,15,16). The molecule has 2 aliphatic rings. The van der Waals surface area contributed by atoms with Crippen molar-refractivity contribution >= 4 is 11.9 Å². The number of rotatable bonds is 5. The SMILES string of the molecule is CC(C)CN(C(=O)C1CC1C(=O)O)C1CC1. The van der Waals surface area contributed by atoms with Crippen LogP contribution in [0.2, 0.25) is 0 Å². The first-order chi connectivity index (χ1) is 7.50. The first kappa shape index (κ1) is 11.4. The van der Waals surface area contributed by atoms with Gasteiger partial charge in [0.15, 0.2) is 0 Å². The van der Waals surface area contributed by atoms with Crippen LogP contribution in [0, 0.1) is 17.8 Å². The third-order valence-corrected chi connectivity index (χ3v) is 3.26. The first-order valence-corrected chi connectivity index (χ1v) is 6.04. The number of carboxylic acid groups (broad SMARTS) is 1. The molecule has 90 valence electrons. The lowest BCUT2D eigenvalue weighted by atomic mass is 10.2. The average molecular weight is 225 g/mol. The Labute approximate surface area is 95.6 Å². The molecule has 0 heterocycles. The lowest BCUT2D eigenvalue weighted by Crippen LogP contribution is -2.37. The van der Waals surface area contributed by atoms with Crippen molar-refractivity contribution in [2.24, 2.45) is 17.8 Å². The highest BCUT2D eigenvalue weighted by Crippen LogP contribution is 2.42. The monoisotopic (exact) mass is 225 g/mol. The number of carbonyl (C=O) groups is 2. The Morgan fingerprint density at radius 2 is 1.94 bits per heavy atom. The molecule has 0 aromatic rings. The topological polar surface area (TPSA) is 57.6 Å². The zero-order valence-electron chi connectivity index (χ0n) is 9.85. The summed E-state index contributed by atoms with van der Waals surface area (Å²) in [6.45, 7) is 4.95. The van der Waals surface area contributed by atoms with Crippen molar-refractivity contribution < 1.29 is 14.7 Å². The van der Waals surface area contributed by atoms with Gasteiger partial charge in [0.25, 0.3) is 0 Å². The fraction of sp³-hybridized carbons (Fsp3) is 0.833. The molecular formula is C12H19NO3. The van der Waals surface area contributed by atoms with E-state index in [1.807, 2.05) is 4.90 Å². The molecule has 2 atom stereocenters. The van der Waals surface area contributed by atoms with E-state index in [1.54, 1.807) is 0 Å². The van der Waals surface area contributed by atoms with E-state index in [0.29, 0.717) is 18.4 Å². The molecule has 0 saturated heterocycles. The summed E-state index contributed by atoms with van der Waals surface area (Å²) in [5, 5.41) is 8.82. The molecule has 2 aliphatic carbocycles. The summed E-state index contributed by atoms with van der Waals surface area (Å²) < 4.78 is 0. The summed E-state index contributed by atoms with van der Waals surface area (Å²) in [6, 6.07) is 0.393. The maximum atomic E-state index is 12.1. The number of carboxylic acids is 1. The van der Waals surface area contributed by atoms with Crippen molar-refractivity contribution in [3.63, 3.8) is 0 Å². The van der Waals surface area contributed by atoms with Crippen LogP contribution in [-0.2, 0) is 9.59 Å². The second kappa shape index (κ2) is 4.07. The van der Waals surface area contributed by atoms with Crippen LogP contribution in [0.4, 0.5) is 0 Å². The van der Waals surface area contributed by atoms with Crippen LogP contribution in [0.5, 0.6) is 0 Å². The van der Waals surface area contributed by atoms with Gasteiger partial charge in [0, 0.05) is 12.6 Å². The largest absolute Gasteiger partial charge is 0.481 e. The highest BCUT2D eigenvalue weighted by Gasteiger charge is 2.51. The number of hydrogen-bond acceptors (Lipinski definition) is 2. The Hall–Kier alpha value is -1.06. The molecule has 0 radical (unpaired) electrons. The fourth-order valence-electron chi connectivity index (χ4n) is 2.15. The molecule has 1 N–H and O–H groups in total. The third-order valence-electron chi connectivity index (χ3n) is 3.26. The smallest absolute Gasteiger partial charge is 0.307 e. The van der Waals surface area contributed by atoms with Crippen molar-refractivity contribution in [3.05, 3.63) is 0 Å². The molecule has 0 aliphatic heterocycles. The zero-order valence-corrected chi connectivity index (χ0v) is 9.85. The number of amides is 1.